The Morgan fingerprint density at radius 3 is 2.26 bits per heavy atom. The number of nitrogens with two attached hydrogens (primary N) is 1. The number of rotatable bonds is 7. The van der Waals surface area contributed by atoms with Gasteiger partial charge in [0.05, 0.1) is 21.9 Å². The smallest absolute Gasteiger partial charge is 0.322 e. The second-order valence-corrected chi connectivity index (χ2v) is 13.1. The van der Waals surface area contributed by atoms with Crippen LogP contribution in [0.5, 0.6) is 0 Å². The van der Waals surface area contributed by atoms with Crippen LogP contribution in [0.25, 0.3) is 5.69 Å². The monoisotopic (exact) mass is 617 g/mol. The number of carbonyl (C=O) groups excluding carboxylic acids is 2. The van der Waals surface area contributed by atoms with Crippen LogP contribution < -0.4 is 11.1 Å². The number of halogens is 1. The SMILES string of the molecule is NC(=O)c1c2c(n(-c3ccccc3)c1Cl)CCN(C(=O)Nc1ccc(S(=O)(=O)c3ccccc3)c(CN3CCCC3)c1)C2. The number of primary amides is 1. The van der Waals surface area contributed by atoms with Crippen molar-refractivity contribution in [3.63, 3.8) is 0 Å². The van der Waals surface area contributed by atoms with E-state index in [0.29, 0.717) is 36.3 Å². The first-order valence-corrected chi connectivity index (χ1v) is 16.1. The summed E-state index contributed by atoms with van der Waals surface area (Å²) in [4.78, 5) is 30.3. The minimum atomic E-state index is -3.76. The Bertz CT molecular complexity index is 1790. The minimum absolute atomic E-state index is 0.153. The van der Waals surface area contributed by atoms with Crippen LogP contribution in [0.3, 0.4) is 0 Å². The van der Waals surface area contributed by atoms with Crippen molar-refractivity contribution in [3.05, 3.63) is 106 Å². The highest BCUT2D eigenvalue weighted by molar-refractivity contribution is 7.91. The van der Waals surface area contributed by atoms with Crippen molar-refractivity contribution in [2.75, 3.05) is 25.0 Å². The molecule has 43 heavy (non-hydrogen) atoms. The fourth-order valence-corrected chi connectivity index (χ4v) is 7.89. The van der Waals surface area contributed by atoms with E-state index >= 15 is 0 Å². The van der Waals surface area contributed by atoms with Crippen molar-refractivity contribution in [2.45, 2.75) is 42.1 Å². The molecule has 3 aromatic carbocycles. The van der Waals surface area contributed by atoms with Gasteiger partial charge < -0.3 is 20.5 Å². The summed E-state index contributed by atoms with van der Waals surface area (Å²) in [5, 5.41) is 3.18. The number of anilines is 1. The standard InChI is InChI=1S/C32H32ClN5O4S/c33-30-29(31(34)39)26-21-37(18-15-27(26)38(30)24-9-3-1-4-10-24)32(40)35-23-13-14-28(22(19-23)20-36-16-7-8-17-36)43(41,42)25-11-5-2-6-12-25/h1-6,9-14,19H,7-8,15-18,20-21H2,(H2,34,39)(H,35,40). The van der Waals surface area contributed by atoms with Gasteiger partial charge in [-0.3, -0.25) is 9.69 Å². The first-order valence-electron chi connectivity index (χ1n) is 14.2. The van der Waals surface area contributed by atoms with Gasteiger partial charge in [0.2, 0.25) is 9.84 Å². The van der Waals surface area contributed by atoms with Crippen molar-refractivity contribution >= 4 is 39.1 Å². The van der Waals surface area contributed by atoms with Crippen molar-refractivity contribution in [2.24, 2.45) is 5.73 Å². The molecule has 3 heterocycles. The molecule has 6 rings (SSSR count). The molecule has 2 aliphatic rings. The van der Waals surface area contributed by atoms with Gasteiger partial charge in [-0.05, 0) is 74.0 Å². The fraction of sp³-hybridized carbons (Fsp3) is 0.250. The molecular formula is C32H32ClN5O4S. The molecule has 4 aromatic rings. The Morgan fingerprint density at radius 2 is 1.58 bits per heavy atom. The number of hydrogen-bond donors (Lipinski definition) is 2. The number of nitrogens with one attached hydrogen (secondary N) is 1. The van der Waals surface area contributed by atoms with Gasteiger partial charge in [0.25, 0.3) is 5.91 Å². The number of fused-ring (bicyclic) bond motifs is 1. The lowest BCUT2D eigenvalue weighted by atomic mass is 10.0. The molecular weight excluding hydrogens is 586 g/mol. The summed E-state index contributed by atoms with van der Waals surface area (Å²) in [7, 11) is -3.76. The highest BCUT2D eigenvalue weighted by atomic mass is 35.5. The highest BCUT2D eigenvalue weighted by Crippen LogP contribution is 2.35. The molecule has 3 N–H and O–H groups in total. The van der Waals surface area contributed by atoms with Gasteiger partial charge >= 0.3 is 6.03 Å². The van der Waals surface area contributed by atoms with Gasteiger partial charge in [-0.2, -0.15) is 0 Å². The van der Waals surface area contributed by atoms with Gasteiger partial charge in [-0.1, -0.05) is 48.0 Å². The van der Waals surface area contributed by atoms with Crippen LogP contribution in [0, 0.1) is 0 Å². The van der Waals surface area contributed by atoms with Crippen molar-refractivity contribution in [3.8, 4) is 5.69 Å². The molecule has 1 saturated heterocycles. The Balaban J connectivity index is 1.28. The van der Waals surface area contributed by atoms with Crippen LogP contribution in [0.1, 0.15) is 40.0 Å². The number of nitrogens with zero attached hydrogens (tertiary/aromatic N) is 3. The lowest BCUT2D eigenvalue weighted by molar-refractivity contribution is 0.0998. The lowest BCUT2D eigenvalue weighted by Crippen LogP contribution is -2.39. The van der Waals surface area contributed by atoms with Crippen molar-refractivity contribution in [1.82, 2.24) is 14.4 Å². The summed E-state index contributed by atoms with van der Waals surface area (Å²) in [6.07, 6.45) is 2.61. The average molecular weight is 618 g/mol. The third-order valence-electron chi connectivity index (χ3n) is 8.09. The van der Waals surface area contributed by atoms with Crippen LogP contribution in [0.2, 0.25) is 5.15 Å². The van der Waals surface area contributed by atoms with Crippen molar-refractivity contribution in [1.29, 1.82) is 0 Å². The van der Waals surface area contributed by atoms with E-state index in [2.05, 4.69) is 10.2 Å². The third-order valence-corrected chi connectivity index (χ3v) is 10.3. The maximum absolute atomic E-state index is 13.6. The predicted octanol–water partition coefficient (Wildman–Crippen LogP) is 5.25. The van der Waals surface area contributed by atoms with Gasteiger partial charge in [-0.15, -0.1) is 0 Å². The third kappa shape index (κ3) is 5.65. The normalized spacial score (nSPS) is 15.3. The number of aromatic nitrogens is 1. The molecule has 3 amide bonds. The number of para-hydroxylation sites is 1. The molecule has 1 aromatic heterocycles. The molecule has 222 valence electrons. The van der Waals surface area contributed by atoms with E-state index < -0.39 is 15.7 Å². The topological polar surface area (TPSA) is 118 Å². The Morgan fingerprint density at radius 1 is 0.907 bits per heavy atom. The maximum Gasteiger partial charge on any atom is 0.322 e. The Labute approximate surface area is 255 Å². The maximum atomic E-state index is 13.6. The molecule has 0 bridgehead atoms. The summed E-state index contributed by atoms with van der Waals surface area (Å²) in [6, 6.07) is 22.4. The molecule has 0 radical (unpaired) electrons. The zero-order chi connectivity index (χ0) is 30.1. The number of likely N-dealkylation sites (tertiary alicyclic amines) is 1. The predicted molar refractivity (Wildman–Crippen MR) is 165 cm³/mol. The van der Waals surface area contributed by atoms with E-state index in [4.69, 9.17) is 17.3 Å². The first-order chi connectivity index (χ1) is 20.7. The largest absolute Gasteiger partial charge is 0.365 e. The molecule has 1 fully saturated rings. The quantitative estimate of drug-likeness (QED) is 0.294. The molecule has 0 aliphatic carbocycles. The zero-order valence-corrected chi connectivity index (χ0v) is 25.1. The molecule has 2 aliphatic heterocycles. The summed E-state index contributed by atoms with van der Waals surface area (Å²) >= 11 is 6.68. The summed E-state index contributed by atoms with van der Waals surface area (Å²) < 4.78 is 29.0. The van der Waals surface area contributed by atoms with Crippen LogP contribution >= 0.6 is 11.6 Å². The summed E-state index contributed by atoms with van der Waals surface area (Å²) in [5.74, 6) is -0.653. The van der Waals surface area contributed by atoms with E-state index in [0.717, 1.165) is 37.3 Å². The lowest BCUT2D eigenvalue weighted by Gasteiger charge is -2.29. The van der Waals surface area contributed by atoms with Gasteiger partial charge in [-0.25, -0.2) is 13.2 Å². The van der Waals surface area contributed by atoms with E-state index in [1.54, 1.807) is 53.4 Å². The molecule has 0 unspecified atom stereocenters. The van der Waals surface area contributed by atoms with Crippen LogP contribution in [-0.2, 0) is 29.3 Å². The first kappa shape index (κ1) is 29.0. The number of benzene rings is 3. The van der Waals surface area contributed by atoms with E-state index in [9.17, 15) is 18.0 Å². The number of sulfone groups is 1. The fourth-order valence-electron chi connectivity index (χ4n) is 6.00. The number of urea groups is 1. The van der Waals surface area contributed by atoms with Gasteiger partial charge in [0.1, 0.15) is 5.15 Å². The van der Waals surface area contributed by atoms with Gasteiger partial charge in [0.15, 0.2) is 0 Å². The van der Waals surface area contributed by atoms with E-state index in [-0.39, 0.29) is 33.1 Å². The molecule has 9 nitrogen and oxygen atoms in total. The van der Waals surface area contributed by atoms with Crippen molar-refractivity contribution < 1.29 is 18.0 Å². The summed E-state index contributed by atoms with van der Waals surface area (Å²) in [5.41, 5.74) is 9.36. The summed E-state index contributed by atoms with van der Waals surface area (Å²) in [6.45, 7) is 2.80. The van der Waals surface area contributed by atoms with Gasteiger partial charge in [0, 0.05) is 42.1 Å². The Hall–Kier alpha value is -4.12. The van der Waals surface area contributed by atoms with Crippen LogP contribution in [0.15, 0.2) is 88.7 Å². The van der Waals surface area contributed by atoms with Crippen LogP contribution in [-0.4, -0.2) is 54.4 Å². The minimum Gasteiger partial charge on any atom is -0.365 e. The second-order valence-electron chi connectivity index (χ2n) is 10.9. The Kier molecular flexibility index (Phi) is 8.00. The molecule has 0 spiro atoms. The number of hydrogen-bond acceptors (Lipinski definition) is 5. The zero-order valence-electron chi connectivity index (χ0n) is 23.5. The van der Waals surface area contributed by atoms with E-state index in [1.807, 2.05) is 34.9 Å². The van der Waals surface area contributed by atoms with E-state index in [1.165, 1.54) is 0 Å². The molecule has 11 heteroatoms. The highest BCUT2D eigenvalue weighted by Gasteiger charge is 2.32. The molecule has 0 atom stereocenters. The second kappa shape index (κ2) is 11.9. The number of carbonyl (C=O) groups is 2. The molecule has 0 saturated carbocycles. The van der Waals surface area contributed by atoms with Crippen LogP contribution in [0.4, 0.5) is 10.5 Å². The average Bonchev–Trinajstić information content (AvgIpc) is 3.62. The number of amides is 3.